The third-order valence-electron chi connectivity index (χ3n) is 4.36. The number of aromatic nitrogens is 1. The van der Waals surface area contributed by atoms with Crippen LogP contribution >= 0.6 is 11.5 Å². The van der Waals surface area contributed by atoms with Gasteiger partial charge < -0.3 is 10.6 Å². The van der Waals surface area contributed by atoms with E-state index in [2.05, 4.69) is 15.0 Å². The summed E-state index contributed by atoms with van der Waals surface area (Å²) in [6.07, 6.45) is 0. The van der Waals surface area contributed by atoms with Crippen LogP contribution in [0.1, 0.15) is 26.4 Å². The molecule has 144 valence electrons. The summed E-state index contributed by atoms with van der Waals surface area (Å²) in [7, 11) is 0. The number of carbonyl (C=O) groups is 2. The molecule has 29 heavy (non-hydrogen) atoms. The minimum Gasteiger partial charge on any atom is -0.348 e. The molecule has 0 radical (unpaired) electrons. The van der Waals surface area contributed by atoms with Crippen LogP contribution in [0, 0.1) is 5.82 Å². The number of hydrogen-bond acceptors (Lipinski definition) is 4. The van der Waals surface area contributed by atoms with Crippen molar-refractivity contribution in [2.75, 3.05) is 5.32 Å². The second kappa shape index (κ2) is 8.20. The van der Waals surface area contributed by atoms with Crippen LogP contribution in [0.2, 0.25) is 0 Å². The molecular formula is C22H16FN3O2S. The van der Waals surface area contributed by atoms with Crippen LogP contribution in [0.5, 0.6) is 0 Å². The Bertz CT molecular complexity index is 1170. The summed E-state index contributed by atoms with van der Waals surface area (Å²) >= 11 is 1.28. The molecule has 5 nitrogen and oxygen atoms in total. The molecule has 2 amide bonds. The largest absolute Gasteiger partial charge is 0.348 e. The first-order valence-electron chi connectivity index (χ1n) is 8.88. The number of hydrogen-bond donors (Lipinski definition) is 2. The number of amides is 2. The average Bonchev–Trinajstić information content (AvgIpc) is 3.18. The number of nitrogens with zero attached hydrogens (tertiary/aromatic N) is 1. The lowest BCUT2D eigenvalue weighted by Crippen LogP contribution is -2.22. The molecule has 4 rings (SSSR count). The molecule has 0 aliphatic carbocycles. The standard InChI is InChI=1S/C22H16FN3O2S/c23-16-9-5-14(6-10-16)13-24-21(27)15-7-11-17(12-8-15)25-22(28)20-18-3-1-2-4-19(18)29-26-20/h1-12H,13H2,(H,24,27)(H,25,28). The lowest BCUT2D eigenvalue weighted by atomic mass is 10.1. The molecule has 0 fully saturated rings. The van der Waals surface area contributed by atoms with Gasteiger partial charge in [0.1, 0.15) is 11.5 Å². The molecule has 1 aromatic heterocycles. The molecule has 0 aliphatic heterocycles. The Morgan fingerprint density at radius 3 is 2.38 bits per heavy atom. The van der Waals surface area contributed by atoms with Crippen LogP contribution in [0.3, 0.4) is 0 Å². The molecule has 3 aromatic carbocycles. The molecule has 0 atom stereocenters. The third kappa shape index (κ3) is 4.30. The fraction of sp³-hybridized carbons (Fsp3) is 0.0455. The Morgan fingerprint density at radius 2 is 1.62 bits per heavy atom. The second-order valence-electron chi connectivity index (χ2n) is 6.37. The third-order valence-corrected chi connectivity index (χ3v) is 5.19. The van der Waals surface area contributed by atoms with Crippen molar-refractivity contribution >= 4 is 39.1 Å². The van der Waals surface area contributed by atoms with E-state index >= 15 is 0 Å². The molecule has 1 heterocycles. The van der Waals surface area contributed by atoms with Gasteiger partial charge in [-0.15, -0.1) is 0 Å². The van der Waals surface area contributed by atoms with Crippen LogP contribution < -0.4 is 10.6 Å². The number of rotatable bonds is 5. The van der Waals surface area contributed by atoms with Gasteiger partial charge in [0.2, 0.25) is 0 Å². The number of benzene rings is 3. The van der Waals surface area contributed by atoms with E-state index in [1.807, 2.05) is 24.3 Å². The molecule has 0 spiro atoms. The van der Waals surface area contributed by atoms with E-state index in [0.717, 1.165) is 15.6 Å². The van der Waals surface area contributed by atoms with Gasteiger partial charge in [-0.25, -0.2) is 4.39 Å². The van der Waals surface area contributed by atoms with E-state index in [4.69, 9.17) is 0 Å². The summed E-state index contributed by atoms with van der Waals surface area (Å²) in [5.74, 6) is -0.864. The highest BCUT2D eigenvalue weighted by Gasteiger charge is 2.14. The zero-order valence-corrected chi connectivity index (χ0v) is 16.0. The molecule has 0 aliphatic rings. The maximum Gasteiger partial charge on any atom is 0.276 e. The van der Waals surface area contributed by atoms with Crippen molar-refractivity contribution in [3.63, 3.8) is 0 Å². The van der Waals surface area contributed by atoms with Gasteiger partial charge in [0.25, 0.3) is 11.8 Å². The maximum atomic E-state index is 12.9. The van der Waals surface area contributed by atoms with E-state index in [0.29, 0.717) is 23.5 Å². The van der Waals surface area contributed by atoms with Gasteiger partial charge in [0.15, 0.2) is 0 Å². The van der Waals surface area contributed by atoms with E-state index in [9.17, 15) is 14.0 Å². The van der Waals surface area contributed by atoms with Crippen LogP contribution in [0.15, 0.2) is 72.8 Å². The first-order valence-corrected chi connectivity index (χ1v) is 9.66. The topological polar surface area (TPSA) is 71.1 Å². The van der Waals surface area contributed by atoms with E-state index < -0.39 is 0 Å². The summed E-state index contributed by atoms with van der Waals surface area (Å²) in [4.78, 5) is 24.8. The normalized spacial score (nSPS) is 10.7. The summed E-state index contributed by atoms with van der Waals surface area (Å²) in [5, 5.41) is 6.40. The average molecular weight is 405 g/mol. The quantitative estimate of drug-likeness (QED) is 0.509. The number of carbonyl (C=O) groups excluding carboxylic acids is 2. The van der Waals surface area contributed by atoms with Crippen LogP contribution in [0.25, 0.3) is 10.1 Å². The Labute approximate surface area is 170 Å². The minimum atomic E-state index is -0.316. The van der Waals surface area contributed by atoms with Crippen molar-refractivity contribution in [2.24, 2.45) is 0 Å². The number of anilines is 1. The van der Waals surface area contributed by atoms with Gasteiger partial charge >= 0.3 is 0 Å². The first-order chi connectivity index (χ1) is 14.1. The fourth-order valence-corrected chi connectivity index (χ4v) is 3.60. The lowest BCUT2D eigenvalue weighted by molar-refractivity contribution is 0.0950. The first kappa shape index (κ1) is 18.8. The maximum absolute atomic E-state index is 12.9. The second-order valence-corrected chi connectivity index (χ2v) is 7.17. The predicted molar refractivity (Wildman–Crippen MR) is 112 cm³/mol. The van der Waals surface area contributed by atoms with Gasteiger partial charge in [-0.3, -0.25) is 9.59 Å². The SMILES string of the molecule is O=C(NCc1ccc(F)cc1)c1ccc(NC(=O)c2nsc3ccccc23)cc1. The van der Waals surface area contributed by atoms with Gasteiger partial charge in [0, 0.05) is 23.2 Å². The van der Waals surface area contributed by atoms with E-state index in [1.165, 1.54) is 23.7 Å². The van der Waals surface area contributed by atoms with Crippen molar-refractivity contribution in [3.8, 4) is 0 Å². The van der Waals surface area contributed by atoms with Gasteiger partial charge in [-0.2, -0.15) is 4.37 Å². The van der Waals surface area contributed by atoms with Crippen LogP contribution in [0.4, 0.5) is 10.1 Å². The molecule has 0 saturated heterocycles. The van der Waals surface area contributed by atoms with Crippen molar-refractivity contribution in [1.29, 1.82) is 0 Å². The van der Waals surface area contributed by atoms with Crippen molar-refractivity contribution in [2.45, 2.75) is 6.54 Å². The predicted octanol–water partition coefficient (Wildman–Crippen LogP) is 4.62. The van der Waals surface area contributed by atoms with Gasteiger partial charge in [0.05, 0.1) is 4.70 Å². The Morgan fingerprint density at radius 1 is 0.897 bits per heavy atom. The Balaban J connectivity index is 1.39. The highest BCUT2D eigenvalue weighted by molar-refractivity contribution is 7.13. The number of halogens is 1. The number of fused-ring (bicyclic) bond motifs is 1. The Hall–Kier alpha value is -3.58. The van der Waals surface area contributed by atoms with Gasteiger partial charge in [-0.1, -0.05) is 30.3 Å². The zero-order valence-electron chi connectivity index (χ0n) is 15.2. The van der Waals surface area contributed by atoms with Crippen LogP contribution in [-0.4, -0.2) is 16.2 Å². The molecule has 2 N–H and O–H groups in total. The molecular weight excluding hydrogens is 389 g/mol. The lowest BCUT2D eigenvalue weighted by Gasteiger charge is -2.07. The minimum absolute atomic E-state index is 0.252. The summed E-state index contributed by atoms with van der Waals surface area (Å²) < 4.78 is 18.1. The monoisotopic (exact) mass is 405 g/mol. The molecule has 0 saturated carbocycles. The smallest absolute Gasteiger partial charge is 0.276 e. The molecule has 4 aromatic rings. The van der Waals surface area contributed by atoms with Crippen molar-refractivity contribution in [3.05, 3.63) is 95.4 Å². The van der Waals surface area contributed by atoms with Crippen LogP contribution in [-0.2, 0) is 6.54 Å². The van der Waals surface area contributed by atoms with Gasteiger partial charge in [-0.05, 0) is 59.6 Å². The number of nitrogens with one attached hydrogen (secondary N) is 2. The highest BCUT2D eigenvalue weighted by Crippen LogP contribution is 2.23. The summed E-state index contributed by atoms with van der Waals surface area (Å²) in [6.45, 7) is 0.300. The molecule has 0 unspecified atom stereocenters. The van der Waals surface area contributed by atoms with E-state index in [-0.39, 0.29) is 17.6 Å². The molecule has 7 heteroatoms. The summed E-state index contributed by atoms with van der Waals surface area (Å²) in [6, 6.07) is 20.1. The highest BCUT2D eigenvalue weighted by atomic mass is 32.1. The molecule has 0 bridgehead atoms. The Kier molecular flexibility index (Phi) is 5.31. The zero-order chi connectivity index (χ0) is 20.2. The summed E-state index contributed by atoms with van der Waals surface area (Å²) in [5.41, 5.74) is 2.22. The van der Waals surface area contributed by atoms with E-state index in [1.54, 1.807) is 36.4 Å². The van der Waals surface area contributed by atoms with Crippen molar-refractivity contribution < 1.29 is 14.0 Å². The fourth-order valence-electron chi connectivity index (χ4n) is 2.83. The van der Waals surface area contributed by atoms with Crippen molar-refractivity contribution in [1.82, 2.24) is 9.69 Å².